The van der Waals surface area contributed by atoms with Crippen LogP contribution < -0.4 is 10.9 Å². The van der Waals surface area contributed by atoms with Crippen molar-refractivity contribution in [3.8, 4) is 0 Å². The number of rotatable bonds is 6. The molecule has 3 aromatic rings. The Morgan fingerprint density at radius 2 is 1.75 bits per heavy atom. The van der Waals surface area contributed by atoms with Gasteiger partial charge in [0.2, 0.25) is 5.95 Å². The SMILES string of the molecule is O=c1c2cc(CN3CCS(=O)(=O)CC3)ccc2c2cnc(NCC3CC3)nc2n1C1CCC(O)CC1. The summed E-state index contributed by atoms with van der Waals surface area (Å²) in [4.78, 5) is 25.5. The van der Waals surface area contributed by atoms with Gasteiger partial charge >= 0.3 is 0 Å². The van der Waals surface area contributed by atoms with E-state index < -0.39 is 9.84 Å². The minimum Gasteiger partial charge on any atom is -0.393 e. The number of nitrogens with zero attached hydrogens (tertiary/aromatic N) is 4. The van der Waals surface area contributed by atoms with Gasteiger partial charge in [-0.25, -0.2) is 13.4 Å². The van der Waals surface area contributed by atoms with Crippen molar-refractivity contribution in [2.75, 3.05) is 36.5 Å². The van der Waals surface area contributed by atoms with Crippen LogP contribution in [0.1, 0.15) is 50.1 Å². The van der Waals surface area contributed by atoms with Gasteiger partial charge in [-0.15, -0.1) is 0 Å². The fourth-order valence-electron chi connectivity index (χ4n) is 5.54. The van der Waals surface area contributed by atoms with E-state index in [1.54, 1.807) is 0 Å². The van der Waals surface area contributed by atoms with E-state index >= 15 is 0 Å². The first-order chi connectivity index (χ1) is 17.4. The number of anilines is 1. The van der Waals surface area contributed by atoms with Gasteiger partial charge in [-0.05, 0) is 61.5 Å². The Morgan fingerprint density at radius 1 is 1.00 bits per heavy atom. The quantitative estimate of drug-likeness (QED) is 0.485. The van der Waals surface area contributed by atoms with Gasteiger partial charge in [0.05, 0.1) is 17.6 Å². The highest BCUT2D eigenvalue weighted by Gasteiger charge is 2.26. The van der Waals surface area contributed by atoms with Crippen LogP contribution in [0.25, 0.3) is 21.8 Å². The van der Waals surface area contributed by atoms with E-state index in [9.17, 15) is 18.3 Å². The second-order valence-electron chi connectivity index (χ2n) is 10.7. The molecule has 0 bridgehead atoms. The van der Waals surface area contributed by atoms with E-state index in [2.05, 4.69) is 15.2 Å². The van der Waals surface area contributed by atoms with Crippen LogP contribution >= 0.6 is 0 Å². The van der Waals surface area contributed by atoms with Crippen molar-refractivity contribution in [3.63, 3.8) is 0 Å². The van der Waals surface area contributed by atoms with Crippen molar-refractivity contribution >= 4 is 37.6 Å². The summed E-state index contributed by atoms with van der Waals surface area (Å²) < 4.78 is 25.4. The molecule has 2 N–H and O–H groups in total. The number of aliphatic hydroxyl groups is 1. The lowest BCUT2D eigenvalue weighted by atomic mass is 9.92. The first-order valence-electron chi connectivity index (χ1n) is 13.0. The number of aliphatic hydroxyl groups excluding tert-OH is 1. The Bertz CT molecular complexity index is 1440. The Hall–Kier alpha value is -2.56. The molecule has 0 spiro atoms. The molecule has 192 valence electrons. The van der Waals surface area contributed by atoms with Crippen LogP contribution in [0.2, 0.25) is 0 Å². The van der Waals surface area contributed by atoms with Crippen LogP contribution in [0.15, 0.2) is 29.2 Å². The van der Waals surface area contributed by atoms with Crippen molar-refractivity contribution < 1.29 is 13.5 Å². The normalized spacial score (nSPS) is 24.8. The summed E-state index contributed by atoms with van der Waals surface area (Å²) in [6.45, 7) is 2.48. The molecule has 0 unspecified atom stereocenters. The largest absolute Gasteiger partial charge is 0.393 e. The highest BCUT2D eigenvalue weighted by atomic mass is 32.2. The number of aromatic nitrogens is 3. The predicted octanol–water partition coefficient (Wildman–Crippen LogP) is 2.47. The standard InChI is InChI=1S/C26H33N5O4S/c32-20-6-4-19(5-7-20)31-24-23(15-28-26(29-24)27-14-17-1-2-17)21-8-3-18(13-22(21)25(31)33)16-30-9-11-36(34,35)12-10-30/h3,8,13,15,17,19-20,32H,1-2,4-7,9-12,14,16H2,(H,27,28,29). The van der Waals surface area contributed by atoms with Gasteiger partial charge in [0.25, 0.3) is 5.56 Å². The molecule has 1 aromatic carbocycles. The van der Waals surface area contributed by atoms with Crippen LogP contribution in [0.3, 0.4) is 0 Å². The summed E-state index contributed by atoms with van der Waals surface area (Å²) >= 11 is 0. The van der Waals surface area contributed by atoms with E-state index in [1.165, 1.54) is 12.8 Å². The van der Waals surface area contributed by atoms with Crippen molar-refractivity contribution in [1.82, 2.24) is 19.4 Å². The molecule has 3 fully saturated rings. The average molecular weight is 512 g/mol. The first kappa shape index (κ1) is 23.8. The third kappa shape index (κ3) is 4.86. The van der Waals surface area contributed by atoms with Crippen LogP contribution in [0.5, 0.6) is 0 Å². The van der Waals surface area contributed by atoms with E-state index in [-0.39, 0.29) is 29.2 Å². The number of hydrogen-bond acceptors (Lipinski definition) is 8. The summed E-state index contributed by atoms with van der Waals surface area (Å²) in [6, 6.07) is 5.93. The van der Waals surface area contributed by atoms with Crippen molar-refractivity contribution in [2.24, 2.45) is 5.92 Å². The van der Waals surface area contributed by atoms with Gasteiger partial charge in [0, 0.05) is 49.2 Å². The fraction of sp³-hybridized carbons (Fsp3) is 0.577. The van der Waals surface area contributed by atoms with Gasteiger partial charge < -0.3 is 10.4 Å². The maximum absolute atomic E-state index is 14.0. The topological polar surface area (TPSA) is 117 Å². The highest BCUT2D eigenvalue weighted by Crippen LogP contribution is 2.33. The lowest BCUT2D eigenvalue weighted by Crippen LogP contribution is -2.39. The third-order valence-corrected chi connectivity index (χ3v) is 9.55. The van der Waals surface area contributed by atoms with E-state index in [1.807, 2.05) is 29.0 Å². The average Bonchev–Trinajstić information content (AvgIpc) is 3.70. The minimum absolute atomic E-state index is 0.0186. The number of benzene rings is 1. The monoisotopic (exact) mass is 511 g/mol. The number of nitrogens with one attached hydrogen (secondary N) is 1. The van der Waals surface area contributed by atoms with Crippen molar-refractivity contribution in [3.05, 3.63) is 40.3 Å². The molecule has 36 heavy (non-hydrogen) atoms. The molecule has 2 saturated carbocycles. The maximum Gasteiger partial charge on any atom is 0.260 e. The predicted molar refractivity (Wildman–Crippen MR) is 140 cm³/mol. The number of fused-ring (bicyclic) bond motifs is 3. The second kappa shape index (κ2) is 9.39. The summed E-state index contributed by atoms with van der Waals surface area (Å²) in [7, 11) is -2.94. The third-order valence-electron chi connectivity index (χ3n) is 7.94. The molecule has 6 rings (SSSR count). The molecule has 2 aliphatic carbocycles. The summed E-state index contributed by atoms with van der Waals surface area (Å²) in [5, 5.41) is 15.7. The number of pyridine rings is 1. The van der Waals surface area contributed by atoms with Crippen LogP contribution in [-0.4, -0.2) is 70.2 Å². The van der Waals surface area contributed by atoms with Gasteiger partial charge in [0.15, 0.2) is 9.84 Å². The maximum atomic E-state index is 14.0. The van der Waals surface area contributed by atoms with Crippen LogP contribution in [0.4, 0.5) is 5.95 Å². The Morgan fingerprint density at radius 3 is 2.47 bits per heavy atom. The van der Waals surface area contributed by atoms with Gasteiger partial charge in [-0.1, -0.05) is 12.1 Å². The molecular formula is C26H33N5O4S. The molecular weight excluding hydrogens is 478 g/mol. The lowest BCUT2D eigenvalue weighted by molar-refractivity contribution is 0.111. The number of sulfone groups is 1. The van der Waals surface area contributed by atoms with Crippen molar-refractivity contribution in [2.45, 2.75) is 57.2 Å². The molecule has 9 nitrogen and oxygen atoms in total. The second-order valence-corrected chi connectivity index (χ2v) is 13.0. The summed E-state index contributed by atoms with van der Waals surface area (Å²) in [5.74, 6) is 1.59. The van der Waals surface area contributed by atoms with Crippen molar-refractivity contribution in [1.29, 1.82) is 0 Å². The Balaban J connectivity index is 1.41. The van der Waals surface area contributed by atoms with E-state index in [4.69, 9.17) is 4.98 Å². The zero-order valence-electron chi connectivity index (χ0n) is 20.4. The molecule has 3 aliphatic rings. The fourth-order valence-corrected chi connectivity index (χ4v) is 6.82. The Kier molecular flexibility index (Phi) is 6.21. The molecule has 0 atom stereocenters. The molecule has 0 amide bonds. The van der Waals surface area contributed by atoms with Crippen LogP contribution in [0, 0.1) is 5.92 Å². The van der Waals surface area contributed by atoms with E-state index in [0.29, 0.717) is 55.4 Å². The zero-order chi connectivity index (χ0) is 24.9. The van der Waals surface area contributed by atoms with Gasteiger partial charge in [0.1, 0.15) is 5.65 Å². The molecule has 1 aliphatic heterocycles. The minimum atomic E-state index is -2.94. The summed E-state index contributed by atoms with van der Waals surface area (Å²) in [6.07, 6.45) is 6.79. The summed E-state index contributed by atoms with van der Waals surface area (Å²) in [5.41, 5.74) is 1.58. The number of hydrogen-bond donors (Lipinski definition) is 2. The Labute approximate surface area is 210 Å². The molecule has 1 saturated heterocycles. The van der Waals surface area contributed by atoms with Gasteiger partial charge in [-0.3, -0.25) is 14.3 Å². The smallest absolute Gasteiger partial charge is 0.260 e. The lowest BCUT2D eigenvalue weighted by Gasteiger charge is -2.28. The molecule has 10 heteroatoms. The highest BCUT2D eigenvalue weighted by molar-refractivity contribution is 7.91. The molecule has 3 heterocycles. The van der Waals surface area contributed by atoms with Gasteiger partial charge in [-0.2, -0.15) is 4.98 Å². The molecule has 2 aromatic heterocycles. The molecule has 0 radical (unpaired) electrons. The zero-order valence-corrected chi connectivity index (χ0v) is 21.2. The van der Waals surface area contributed by atoms with E-state index in [0.717, 1.165) is 35.7 Å². The van der Waals surface area contributed by atoms with Crippen LogP contribution in [-0.2, 0) is 16.4 Å². The first-order valence-corrected chi connectivity index (χ1v) is 14.9.